The van der Waals surface area contributed by atoms with Crippen molar-refractivity contribution >= 4 is 5.97 Å². The summed E-state index contributed by atoms with van der Waals surface area (Å²) in [6.45, 7) is 0. The Labute approximate surface area is 74.6 Å². The molecule has 6 nitrogen and oxygen atoms in total. The van der Waals surface area contributed by atoms with Crippen molar-refractivity contribution in [3.05, 3.63) is 10.1 Å². The Hall–Kier alpha value is -1.33. The molecule has 1 fully saturated rings. The molecule has 0 bridgehead atoms. The van der Waals surface area contributed by atoms with Crippen molar-refractivity contribution in [2.24, 2.45) is 5.92 Å². The summed E-state index contributed by atoms with van der Waals surface area (Å²) in [5.74, 6) is -1.17. The first kappa shape index (κ1) is 9.76. The fourth-order valence-electron chi connectivity index (χ4n) is 1.54. The van der Waals surface area contributed by atoms with Gasteiger partial charge in [0.2, 0.25) is 0 Å². The molecule has 1 saturated carbocycles. The lowest BCUT2D eigenvalue weighted by molar-refractivity contribution is -0.769. The van der Waals surface area contributed by atoms with Crippen LogP contribution in [0.5, 0.6) is 0 Å². The molecular formula is C7H11NO5. The Balaban J connectivity index is 2.30. The molecule has 6 heteroatoms. The molecular weight excluding hydrogens is 178 g/mol. The number of hydrogen-bond donors (Lipinski definition) is 1. The first-order valence-corrected chi connectivity index (χ1v) is 4.13. The van der Waals surface area contributed by atoms with Gasteiger partial charge in [0.1, 0.15) is 6.10 Å². The maximum Gasteiger partial charge on any atom is 0.306 e. The van der Waals surface area contributed by atoms with Gasteiger partial charge in [-0.25, -0.2) is 0 Å². The molecule has 0 unspecified atom stereocenters. The molecule has 13 heavy (non-hydrogen) atoms. The molecule has 0 aromatic carbocycles. The third-order valence-corrected chi connectivity index (χ3v) is 2.26. The zero-order chi connectivity index (χ0) is 9.84. The van der Waals surface area contributed by atoms with Crippen molar-refractivity contribution in [1.29, 1.82) is 0 Å². The van der Waals surface area contributed by atoms with Gasteiger partial charge in [-0.15, -0.1) is 10.1 Å². The standard InChI is InChI=1S/C7H11NO5/c9-7(10)5-1-3-6(4-2-5)13-8(11)12/h5-6H,1-4H2,(H,9,10). The highest BCUT2D eigenvalue weighted by atomic mass is 17.0. The lowest BCUT2D eigenvalue weighted by atomic mass is 9.88. The molecule has 1 rings (SSSR count). The van der Waals surface area contributed by atoms with E-state index in [9.17, 15) is 14.9 Å². The second kappa shape index (κ2) is 4.06. The average Bonchev–Trinajstić information content (AvgIpc) is 2.04. The van der Waals surface area contributed by atoms with E-state index in [1.54, 1.807) is 0 Å². The van der Waals surface area contributed by atoms with Crippen LogP contribution in [0.2, 0.25) is 0 Å². The highest BCUT2D eigenvalue weighted by Crippen LogP contribution is 2.26. The van der Waals surface area contributed by atoms with E-state index in [1.165, 1.54) is 0 Å². The van der Waals surface area contributed by atoms with E-state index < -0.39 is 17.2 Å². The Morgan fingerprint density at radius 3 is 2.31 bits per heavy atom. The Bertz CT molecular complexity index is 209. The van der Waals surface area contributed by atoms with Crippen molar-refractivity contribution in [2.75, 3.05) is 0 Å². The molecule has 0 spiro atoms. The summed E-state index contributed by atoms with van der Waals surface area (Å²) < 4.78 is 0. The number of carboxylic acids is 1. The fraction of sp³-hybridized carbons (Fsp3) is 0.857. The summed E-state index contributed by atoms with van der Waals surface area (Å²) in [7, 11) is 0. The second-order valence-electron chi connectivity index (χ2n) is 3.14. The lowest BCUT2D eigenvalue weighted by Gasteiger charge is -2.23. The molecule has 1 aliphatic rings. The van der Waals surface area contributed by atoms with E-state index in [-0.39, 0.29) is 5.92 Å². The van der Waals surface area contributed by atoms with Crippen LogP contribution in [0.15, 0.2) is 0 Å². The quantitative estimate of drug-likeness (QED) is 0.524. The number of hydrogen-bond acceptors (Lipinski definition) is 4. The van der Waals surface area contributed by atoms with Gasteiger partial charge in [-0.3, -0.25) is 4.79 Å². The van der Waals surface area contributed by atoms with Crippen molar-refractivity contribution in [2.45, 2.75) is 31.8 Å². The normalized spacial score (nSPS) is 28.0. The highest BCUT2D eigenvalue weighted by Gasteiger charge is 2.27. The van der Waals surface area contributed by atoms with Crippen molar-refractivity contribution in [3.8, 4) is 0 Å². The van der Waals surface area contributed by atoms with E-state index in [2.05, 4.69) is 4.84 Å². The predicted octanol–water partition coefficient (Wildman–Crippen LogP) is 0.838. The lowest BCUT2D eigenvalue weighted by Crippen LogP contribution is -2.27. The third-order valence-electron chi connectivity index (χ3n) is 2.26. The molecule has 1 N–H and O–H groups in total. The van der Waals surface area contributed by atoms with Crippen LogP contribution in [0.3, 0.4) is 0 Å². The van der Waals surface area contributed by atoms with Crippen LogP contribution in [0.1, 0.15) is 25.7 Å². The van der Waals surface area contributed by atoms with Crippen LogP contribution in [0.25, 0.3) is 0 Å². The topological polar surface area (TPSA) is 89.7 Å². The average molecular weight is 189 g/mol. The molecule has 0 aliphatic heterocycles. The summed E-state index contributed by atoms with van der Waals surface area (Å²) in [6, 6.07) is 0. The molecule has 0 heterocycles. The smallest absolute Gasteiger partial charge is 0.306 e. The van der Waals surface area contributed by atoms with Crippen molar-refractivity contribution < 1.29 is 19.8 Å². The van der Waals surface area contributed by atoms with Gasteiger partial charge in [0, 0.05) is 0 Å². The number of nitrogens with zero attached hydrogens (tertiary/aromatic N) is 1. The third kappa shape index (κ3) is 2.89. The molecule has 0 atom stereocenters. The first-order chi connectivity index (χ1) is 6.09. The molecule has 0 radical (unpaired) electrons. The van der Waals surface area contributed by atoms with E-state index in [0.29, 0.717) is 25.7 Å². The number of carbonyl (C=O) groups is 1. The number of carboxylic acid groups (broad SMARTS) is 1. The molecule has 0 aromatic rings. The van der Waals surface area contributed by atoms with E-state index in [1.807, 2.05) is 0 Å². The van der Waals surface area contributed by atoms with Gasteiger partial charge in [-0.05, 0) is 25.7 Å². The molecule has 1 aliphatic carbocycles. The molecule has 0 amide bonds. The van der Waals surface area contributed by atoms with Gasteiger partial charge in [-0.2, -0.15) is 0 Å². The summed E-state index contributed by atoms with van der Waals surface area (Å²) in [6.07, 6.45) is 1.43. The van der Waals surface area contributed by atoms with Crippen LogP contribution in [-0.4, -0.2) is 22.3 Å². The molecule has 0 saturated heterocycles. The summed E-state index contributed by atoms with van der Waals surface area (Å²) in [4.78, 5) is 24.8. The second-order valence-corrected chi connectivity index (χ2v) is 3.14. The SMILES string of the molecule is O=C(O)C1CCC(O[N+](=O)[O-])CC1. The Kier molecular flexibility index (Phi) is 3.05. The zero-order valence-electron chi connectivity index (χ0n) is 7.01. The van der Waals surface area contributed by atoms with E-state index >= 15 is 0 Å². The monoisotopic (exact) mass is 189 g/mol. The number of aliphatic carboxylic acids is 1. The van der Waals surface area contributed by atoms with Gasteiger partial charge in [0.15, 0.2) is 0 Å². The summed E-state index contributed by atoms with van der Waals surface area (Å²) in [5, 5.41) is 17.8. The summed E-state index contributed by atoms with van der Waals surface area (Å²) >= 11 is 0. The van der Waals surface area contributed by atoms with Gasteiger partial charge >= 0.3 is 5.97 Å². The fourth-order valence-corrected chi connectivity index (χ4v) is 1.54. The van der Waals surface area contributed by atoms with Crippen LogP contribution >= 0.6 is 0 Å². The minimum atomic E-state index is -0.820. The van der Waals surface area contributed by atoms with Gasteiger partial charge < -0.3 is 9.94 Å². The zero-order valence-corrected chi connectivity index (χ0v) is 7.01. The summed E-state index contributed by atoms with van der Waals surface area (Å²) in [5.41, 5.74) is 0. The van der Waals surface area contributed by atoms with Gasteiger partial charge in [0.25, 0.3) is 5.09 Å². The molecule has 0 aromatic heterocycles. The number of rotatable bonds is 3. The van der Waals surface area contributed by atoms with Crippen LogP contribution in [-0.2, 0) is 9.63 Å². The van der Waals surface area contributed by atoms with Crippen LogP contribution in [0.4, 0.5) is 0 Å². The maximum atomic E-state index is 10.5. The largest absolute Gasteiger partial charge is 0.481 e. The highest BCUT2D eigenvalue weighted by molar-refractivity contribution is 5.69. The Morgan fingerprint density at radius 2 is 1.92 bits per heavy atom. The molecule has 74 valence electrons. The minimum absolute atomic E-state index is 0.355. The maximum absolute atomic E-state index is 10.5. The van der Waals surface area contributed by atoms with Crippen LogP contribution < -0.4 is 0 Å². The first-order valence-electron chi connectivity index (χ1n) is 4.13. The van der Waals surface area contributed by atoms with Crippen molar-refractivity contribution in [3.63, 3.8) is 0 Å². The van der Waals surface area contributed by atoms with Gasteiger partial charge in [-0.1, -0.05) is 0 Å². The predicted molar refractivity (Wildman–Crippen MR) is 41.5 cm³/mol. The van der Waals surface area contributed by atoms with Gasteiger partial charge in [0.05, 0.1) is 5.92 Å². The van der Waals surface area contributed by atoms with Crippen molar-refractivity contribution in [1.82, 2.24) is 0 Å². The van der Waals surface area contributed by atoms with E-state index in [0.717, 1.165) is 0 Å². The Morgan fingerprint density at radius 1 is 1.38 bits per heavy atom. The minimum Gasteiger partial charge on any atom is -0.481 e. The van der Waals surface area contributed by atoms with Crippen LogP contribution in [0, 0.1) is 16.0 Å². The van der Waals surface area contributed by atoms with E-state index in [4.69, 9.17) is 5.11 Å².